The maximum atomic E-state index is 14.3. The first-order valence-corrected chi connectivity index (χ1v) is 10.5. The molecule has 0 aromatic heterocycles. The Hall–Kier alpha value is -2.52. The van der Waals surface area contributed by atoms with Crippen molar-refractivity contribution in [2.24, 2.45) is 0 Å². The highest BCUT2D eigenvalue weighted by atomic mass is 19.1. The van der Waals surface area contributed by atoms with Gasteiger partial charge < -0.3 is 19.6 Å². The maximum absolute atomic E-state index is 14.3. The fraction of sp³-hybridized carbons (Fsp3) is 0.542. The zero-order valence-electron chi connectivity index (χ0n) is 18.2. The quantitative estimate of drug-likeness (QED) is 0.601. The topological polar surface area (TPSA) is 53.0 Å². The summed E-state index contributed by atoms with van der Waals surface area (Å²) >= 11 is 0. The van der Waals surface area contributed by atoms with Gasteiger partial charge in [-0.05, 0) is 64.7 Å². The Labute approximate surface area is 178 Å². The number of carbonyl (C=O) groups excluding carboxylic acids is 1. The lowest BCUT2D eigenvalue weighted by molar-refractivity contribution is -0.0288. The number of rotatable bonds is 4. The Morgan fingerprint density at radius 1 is 1.33 bits per heavy atom. The number of halogens is 1. The first-order chi connectivity index (χ1) is 14.1. The normalized spacial score (nSPS) is 20.3. The highest BCUT2D eigenvalue weighted by molar-refractivity contribution is 5.94. The molecule has 1 aliphatic heterocycles. The second kappa shape index (κ2) is 8.69. The van der Waals surface area contributed by atoms with E-state index >= 15 is 0 Å². The second-order valence-corrected chi connectivity index (χ2v) is 9.08. The summed E-state index contributed by atoms with van der Waals surface area (Å²) in [6.07, 6.45) is 7.15. The summed E-state index contributed by atoms with van der Waals surface area (Å²) in [5, 5.41) is 9.66. The van der Waals surface area contributed by atoms with E-state index < -0.39 is 11.9 Å². The van der Waals surface area contributed by atoms with Gasteiger partial charge >= 0.3 is 0 Å². The summed E-state index contributed by atoms with van der Waals surface area (Å²) in [5.41, 5.74) is 1.32. The Balaban J connectivity index is 1.73. The zero-order valence-corrected chi connectivity index (χ0v) is 18.2. The standard InChI is InChI=1S/C24H31FN2O3/c1-6-21(28)19-11-10-18(14-20(19)25)22(29)26-12-13-27(16(2)15-26)23(17-8-7-9-17)30-24(3,4)5/h1,10-11,14,16,21,28H,7-9,12-13,15H2,2-5H3. The molecule has 0 radical (unpaired) electrons. The van der Waals surface area contributed by atoms with Crippen LogP contribution >= 0.6 is 0 Å². The van der Waals surface area contributed by atoms with Crippen molar-refractivity contribution in [2.45, 2.75) is 64.7 Å². The van der Waals surface area contributed by atoms with Crippen LogP contribution in [0.4, 0.5) is 4.39 Å². The van der Waals surface area contributed by atoms with E-state index in [2.05, 4.69) is 17.7 Å². The number of aliphatic hydroxyl groups excluding tert-OH is 1. The van der Waals surface area contributed by atoms with Crippen molar-refractivity contribution >= 4 is 5.91 Å². The van der Waals surface area contributed by atoms with Crippen LogP contribution in [-0.4, -0.2) is 52.1 Å². The molecule has 2 aliphatic rings. The number of nitrogens with zero attached hydrogens (tertiary/aromatic N) is 2. The molecule has 2 unspecified atom stereocenters. The fourth-order valence-corrected chi connectivity index (χ4v) is 3.79. The lowest BCUT2D eigenvalue weighted by atomic mass is 9.92. The Morgan fingerprint density at radius 3 is 2.53 bits per heavy atom. The molecule has 30 heavy (non-hydrogen) atoms. The third-order valence-electron chi connectivity index (χ3n) is 5.54. The van der Waals surface area contributed by atoms with Gasteiger partial charge in [0.25, 0.3) is 5.91 Å². The molecule has 1 N–H and O–H groups in total. The van der Waals surface area contributed by atoms with Crippen molar-refractivity contribution < 1.29 is 19.0 Å². The average molecular weight is 415 g/mol. The van der Waals surface area contributed by atoms with Crippen LogP contribution in [-0.2, 0) is 4.74 Å². The number of carbonyl (C=O) groups is 1. The van der Waals surface area contributed by atoms with E-state index in [1.54, 1.807) is 4.90 Å². The zero-order chi connectivity index (χ0) is 22.1. The summed E-state index contributed by atoms with van der Waals surface area (Å²) < 4.78 is 20.6. The summed E-state index contributed by atoms with van der Waals surface area (Å²) in [7, 11) is 0. The molecule has 3 rings (SSSR count). The maximum Gasteiger partial charge on any atom is 0.254 e. The molecule has 1 saturated carbocycles. The second-order valence-electron chi connectivity index (χ2n) is 9.08. The van der Waals surface area contributed by atoms with Gasteiger partial charge in [0.1, 0.15) is 17.5 Å². The van der Waals surface area contributed by atoms with E-state index in [0.717, 1.165) is 24.8 Å². The van der Waals surface area contributed by atoms with Crippen LogP contribution in [0.2, 0.25) is 0 Å². The molecule has 0 bridgehead atoms. The molecule has 1 saturated heterocycles. The van der Waals surface area contributed by atoms with E-state index in [1.165, 1.54) is 24.1 Å². The Bertz CT molecular complexity index is 875. The molecule has 1 aromatic rings. The van der Waals surface area contributed by atoms with Crippen molar-refractivity contribution in [3.8, 4) is 12.3 Å². The van der Waals surface area contributed by atoms with Gasteiger partial charge in [0.15, 0.2) is 5.88 Å². The average Bonchev–Trinajstić information content (AvgIpc) is 2.63. The van der Waals surface area contributed by atoms with E-state index in [4.69, 9.17) is 11.2 Å². The van der Waals surface area contributed by atoms with E-state index in [1.807, 2.05) is 20.8 Å². The Kier molecular flexibility index (Phi) is 6.42. The molecule has 5 nitrogen and oxygen atoms in total. The monoisotopic (exact) mass is 414 g/mol. The lowest BCUT2D eigenvalue weighted by Crippen LogP contribution is -2.54. The van der Waals surface area contributed by atoms with Gasteiger partial charge in [-0.2, -0.15) is 0 Å². The smallest absolute Gasteiger partial charge is 0.254 e. The number of aliphatic hydroxyl groups is 1. The van der Waals surface area contributed by atoms with Gasteiger partial charge in [0.2, 0.25) is 0 Å². The number of hydrogen-bond donors (Lipinski definition) is 1. The summed E-state index contributed by atoms with van der Waals surface area (Å²) in [6, 6.07) is 4.13. The number of benzene rings is 1. The molecule has 6 heteroatoms. The van der Waals surface area contributed by atoms with E-state index in [9.17, 15) is 14.3 Å². The van der Waals surface area contributed by atoms with Crippen molar-refractivity contribution in [1.82, 2.24) is 9.80 Å². The van der Waals surface area contributed by atoms with Crippen LogP contribution in [0, 0.1) is 18.2 Å². The Morgan fingerprint density at radius 2 is 2.03 bits per heavy atom. The number of hydrogen-bond acceptors (Lipinski definition) is 4. The predicted molar refractivity (Wildman–Crippen MR) is 114 cm³/mol. The fourth-order valence-electron chi connectivity index (χ4n) is 3.79. The minimum atomic E-state index is -1.32. The van der Waals surface area contributed by atoms with E-state index in [0.29, 0.717) is 19.6 Å². The first kappa shape index (κ1) is 22.2. The van der Waals surface area contributed by atoms with Crippen LogP contribution in [0.5, 0.6) is 0 Å². The molecule has 2 fully saturated rings. The molecule has 1 aliphatic carbocycles. The van der Waals surface area contributed by atoms with E-state index in [-0.39, 0.29) is 28.7 Å². The minimum Gasteiger partial charge on any atom is -0.473 e. The first-order valence-electron chi connectivity index (χ1n) is 10.5. The number of piperazine rings is 1. The number of amides is 1. The molecule has 0 spiro atoms. The molecule has 1 heterocycles. The summed E-state index contributed by atoms with van der Waals surface area (Å²) in [5.74, 6) is 2.16. The number of ether oxygens (including phenoxy) is 1. The van der Waals surface area contributed by atoms with Gasteiger partial charge in [-0.3, -0.25) is 4.79 Å². The molecular weight excluding hydrogens is 383 g/mol. The van der Waals surface area contributed by atoms with Crippen molar-refractivity contribution in [3.05, 3.63) is 46.6 Å². The molecular formula is C24H31FN2O3. The van der Waals surface area contributed by atoms with Crippen LogP contribution in [0.3, 0.4) is 0 Å². The largest absolute Gasteiger partial charge is 0.473 e. The molecule has 2 atom stereocenters. The predicted octanol–water partition coefficient (Wildman–Crippen LogP) is 3.85. The van der Waals surface area contributed by atoms with Gasteiger partial charge in [0.05, 0.1) is 0 Å². The highest BCUT2D eigenvalue weighted by Gasteiger charge is 2.33. The number of terminal acetylenes is 1. The third kappa shape index (κ3) is 4.79. The summed E-state index contributed by atoms with van der Waals surface area (Å²) in [6.45, 7) is 9.95. The summed E-state index contributed by atoms with van der Waals surface area (Å²) in [4.78, 5) is 17.0. The van der Waals surface area contributed by atoms with Gasteiger partial charge in [-0.15, -0.1) is 6.42 Å². The van der Waals surface area contributed by atoms with Crippen LogP contribution in [0.1, 0.15) is 69.0 Å². The van der Waals surface area contributed by atoms with Crippen molar-refractivity contribution in [1.29, 1.82) is 0 Å². The van der Waals surface area contributed by atoms with Gasteiger partial charge in [0, 0.05) is 36.8 Å². The molecule has 1 amide bonds. The molecule has 162 valence electrons. The van der Waals surface area contributed by atoms with Crippen LogP contribution in [0.15, 0.2) is 29.7 Å². The van der Waals surface area contributed by atoms with Crippen LogP contribution < -0.4 is 0 Å². The van der Waals surface area contributed by atoms with Crippen molar-refractivity contribution in [2.75, 3.05) is 19.6 Å². The van der Waals surface area contributed by atoms with Crippen LogP contribution in [0.25, 0.3) is 0 Å². The lowest BCUT2D eigenvalue weighted by Gasteiger charge is -2.44. The van der Waals surface area contributed by atoms with Crippen molar-refractivity contribution in [3.63, 3.8) is 0 Å². The highest BCUT2D eigenvalue weighted by Crippen LogP contribution is 2.34. The minimum absolute atomic E-state index is 0.00308. The SMILES string of the molecule is C#CC(O)c1ccc(C(=O)N2CCN(C(OC(C)(C)C)=C3CCC3)C(C)C2)cc1F. The molecule has 1 aromatic carbocycles. The van der Waals surface area contributed by atoms with Gasteiger partial charge in [-0.1, -0.05) is 12.0 Å². The third-order valence-corrected chi connectivity index (χ3v) is 5.54. The number of allylic oxidation sites excluding steroid dienone is 1. The van der Waals surface area contributed by atoms with Gasteiger partial charge in [-0.25, -0.2) is 4.39 Å².